The third-order valence-corrected chi connectivity index (χ3v) is 6.63. The Balaban J connectivity index is 1.41. The van der Waals surface area contributed by atoms with Gasteiger partial charge < -0.3 is 14.7 Å². The summed E-state index contributed by atoms with van der Waals surface area (Å²) in [6, 6.07) is 18.0. The van der Waals surface area contributed by atoms with Crippen molar-refractivity contribution in [1.82, 2.24) is 25.1 Å². The molecule has 3 aromatic carbocycles. The van der Waals surface area contributed by atoms with Crippen LogP contribution in [0.15, 0.2) is 77.4 Å². The number of rotatable bonds is 5. The smallest absolute Gasteiger partial charge is 0.323 e. The molecule has 38 heavy (non-hydrogen) atoms. The van der Waals surface area contributed by atoms with Crippen LogP contribution in [0.3, 0.4) is 0 Å². The van der Waals surface area contributed by atoms with Gasteiger partial charge in [0.25, 0.3) is 0 Å². The highest BCUT2D eigenvalue weighted by Crippen LogP contribution is 2.41. The highest BCUT2D eigenvalue weighted by atomic mass is 19.1. The van der Waals surface area contributed by atoms with Crippen molar-refractivity contribution in [3.8, 4) is 16.8 Å². The molecule has 2 amide bonds. The molecule has 0 spiro atoms. The van der Waals surface area contributed by atoms with Crippen LogP contribution in [0.4, 0.5) is 19.3 Å². The van der Waals surface area contributed by atoms with Crippen molar-refractivity contribution < 1.29 is 18.1 Å². The summed E-state index contributed by atoms with van der Waals surface area (Å²) in [5.41, 5.74) is 5.62. The number of aryl methyl sites for hydroxylation is 2. The van der Waals surface area contributed by atoms with Crippen LogP contribution in [0, 0.1) is 25.5 Å². The van der Waals surface area contributed by atoms with E-state index in [4.69, 9.17) is 4.52 Å². The van der Waals surface area contributed by atoms with E-state index in [-0.39, 0.29) is 18.3 Å². The predicted molar refractivity (Wildman–Crippen MR) is 136 cm³/mol. The Labute approximate surface area is 216 Å². The van der Waals surface area contributed by atoms with E-state index in [1.54, 1.807) is 4.90 Å². The number of amides is 2. The van der Waals surface area contributed by atoms with E-state index >= 15 is 0 Å². The molecule has 0 fully saturated rings. The van der Waals surface area contributed by atoms with Crippen molar-refractivity contribution in [3.05, 3.63) is 113 Å². The number of carbonyl (C=O) groups is 1. The Kier molecular flexibility index (Phi) is 5.71. The van der Waals surface area contributed by atoms with Gasteiger partial charge >= 0.3 is 6.03 Å². The Hall–Kier alpha value is -4.86. The maximum Gasteiger partial charge on any atom is 0.323 e. The van der Waals surface area contributed by atoms with Crippen molar-refractivity contribution in [3.63, 3.8) is 0 Å². The molecule has 10 heteroatoms. The third-order valence-electron chi connectivity index (χ3n) is 6.63. The van der Waals surface area contributed by atoms with E-state index in [9.17, 15) is 13.6 Å². The second-order valence-corrected chi connectivity index (χ2v) is 9.12. The monoisotopic (exact) mass is 512 g/mol. The Morgan fingerprint density at radius 3 is 2.58 bits per heavy atom. The first kappa shape index (κ1) is 23.5. The zero-order valence-electron chi connectivity index (χ0n) is 20.5. The van der Waals surface area contributed by atoms with E-state index in [2.05, 4.69) is 20.8 Å². The number of nitrogens with zero attached hydrogens (tertiary/aromatic N) is 5. The van der Waals surface area contributed by atoms with E-state index < -0.39 is 17.7 Å². The quantitative estimate of drug-likeness (QED) is 0.314. The fraction of sp³-hybridized carbons (Fsp3) is 0.143. The summed E-state index contributed by atoms with van der Waals surface area (Å²) < 4.78 is 34.3. The van der Waals surface area contributed by atoms with Gasteiger partial charge in [-0.3, -0.25) is 0 Å². The standard InChI is InChI=1S/C28H22F2N6O2/c1-16-26(17(2)38-33-16)19-8-10-24-22(12-19)27(18-6-4-3-5-7-18)35(28(37)31-24)14-21-15-36(34-32-21)25-11-9-20(29)13-23(25)30/h3-13,15,27H,14H2,1-2H3,(H,31,37). The molecule has 2 aromatic heterocycles. The lowest BCUT2D eigenvalue weighted by Gasteiger charge is -2.37. The molecular weight excluding hydrogens is 490 g/mol. The highest BCUT2D eigenvalue weighted by molar-refractivity contribution is 5.94. The van der Waals surface area contributed by atoms with Crippen LogP contribution in [-0.4, -0.2) is 31.1 Å². The number of hydrogen-bond donors (Lipinski definition) is 1. The molecular formula is C28H22F2N6O2. The van der Waals surface area contributed by atoms with Gasteiger partial charge in [-0.15, -0.1) is 5.10 Å². The number of anilines is 1. The molecule has 1 N–H and O–H groups in total. The molecule has 1 aliphatic rings. The summed E-state index contributed by atoms with van der Waals surface area (Å²) in [5.74, 6) is -0.739. The fourth-order valence-corrected chi connectivity index (χ4v) is 4.91. The molecule has 1 atom stereocenters. The zero-order valence-corrected chi connectivity index (χ0v) is 20.5. The van der Waals surface area contributed by atoms with Gasteiger partial charge in [0.15, 0.2) is 5.82 Å². The third kappa shape index (κ3) is 4.09. The molecule has 8 nitrogen and oxygen atoms in total. The molecule has 6 rings (SSSR count). The van der Waals surface area contributed by atoms with Gasteiger partial charge in [-0.05, 0) is 49.2 Å². The molecule has 1 unspecified atom stereocenters. The molecule has 0 bridgehead atoms. The second kappa shape index (κ2) is 9.22. The highest BCUT2D eigenvalue weighted by Gasteiger charge is 2.35. The number of benzene rings is 3. The van der Waals surface area contributed by atoms with Gasteiger partial charge in [-0.1, -0.05) is 46.8 Å². The van der Waals surface area contributed by atoms with Crippen LogP contribution in [0.5, 0.6) is 0 Å². The fourth-order valence-electron chi connectivity index (χ4n) is 4.91. The van der Waals surface area contributed by atoms with Crippen LogP contribution in [0.2, 0.25) is 0 Å². The van der Waals surface area contributed by atoms with Gasteiger partial charge in [0.2, 0.25) is 0 Å². The maximum absolute atomic E-state index is 14.3. The molecule has 1 aliphatic heterocycles. The van der Waals surface area contributed by atoms with Gasteiger partial charge in [0.05, 0.1) is 24.5 Å². The van der Waals surface area contributed by atoms with Crippen molar-refractivity contribution in [1.29, 1.82) is 0 Å². The van der Waals surface area contributed by atoms with Crippen LogP contribution in [0.1, 0.15) is 34.3 Å². The van der Waals surface area contributed by atoms with Gasteiger partial charge in [0.1, 0.15) is 23.0 Å². The van der Waals surface area contributed by atoms with E-state index in [0.29, 0.717) is 17.1 Å². The van der Waals surface area contributed by atoms with E-state index in [1.165, 1.54) is 16.9 Å². The number of nitrogens with one attached hydrogen (secondary N) is 1. The molecule has 0 saturated carbocycles. The van der Waals surface area contributed by atoms with E-state index in [1.807, 2.05) is 62.4 Å². The van der Waals surface area contributed by atoms with Crippen LogP contribution >= 0.6 is 0 Å². The predicted octanol–water partition coefficient (Wildman–Crippen LogP) is 5.95. The van der Waals surface area contributed by atoms with Crippen molar-refractivity contribution >= 4 is 11.7 Å². The molecule has 0 saturated heterocycles. The lowest BCUT2D eigenvalue weighted by Crippen LogP contribution is -2.42. The minimum Gasteiger partial charge on any atom is -0.361 e. The van der Waals surface area contributed by atoms with Crippen molar-refractivity contribution in [2.24, 2.45) is 0 Å². The second-order valence-electron chi connectivity index (χ2n) is 9.12. The van der Waals surface area contributed by atoms with Gasteiger partial charge in [0, 0.05) is 22.9 Å². The molecule has 190 valence electrons. The van der Waals surface area contributed by atoms with Crippen molar-refractivity contribution in [2.45, 2.75) is 26.4 Å². The number of urea groups is 1. The average Bonchev–Trinajstić information content (AvgIpc) is 3.50. The average molecular weight is 513 g/mol. The number of aromatic nitrogens is 4. The van der Waals surface area contributed by atoms with E-state index in [0.717, 1.165) is 40.1 Å². The first-order valence-corrected chi connectivity index (χ1v) is 12.0. The van der Waals surface area contributed by atoms with Gasteiger partial charge in [-0.2, -0.15) is 0 Å². The largest absolute Gasteiger partial charge is 0.361 e. The molecule has 0 aliphatic carbocycles. The first-order chi connectivity index (χ1) is 18.4. The van der Waals surface area contributed by atoms with Gasteiger partial charge in [-0.25, -0.2) is 18.3 Å². The van der Waals surface area contributed by atoms with Crippen LogP contribution in [0.25, 0.3) is 16.8 Å². The normalized spacial score (nSPS) is 14.9. The van der Waals surface area contributed by atoms with Crippen LogP contribution in [-0.2, 0) is 6.54 Å². The summed E-state index contributed by atoms with van der Waals surface area (Å²) in [6.07, 6.45) is 1.53. The molecule has 0 radical (unpaired) electrons. The Morgan fingerprint density at radius 2 is 1.84 bits per heavy atom. The summed E-state index contributed by atoms with van der Waals surface area (Å²) in [4.78, 5) is 15.0. The lowest BCUT2D eigenvalue weighted by atomic mass is 9.90. The number of fused-ring (bicyclic) bond motifs is 1. The summed E-state index contributed by atoms with van der Waals surface area (Å²) in [6.45, 7) is 3.86. The summed E-state index contributed by atoms with van der Waals surface area (Å²) in [7, 11) is 0. The number of carbonyl (C=O) groups excluding carboxylic acids is 1. The van der Waals surface area contributed by atoms with Crippen LogP contribution < -0.4 is 5.32 Å². The summed E-state index contributed by atoms with van der Waals surface area (Å²) in [5, 5.41) is 15.2. The zero-order chi connectivity index (χ0) is 26.4. The van der Waals surface area contributed by atoms with Crippen molar-refractivity contribution in [2.75, 3.05) is 5.32 Å². The minimum absolute atomic E-state index is 0.0577. The molecule has 3 heterocycles. The first-order valence-electron chi connectivity index (χ1n) is 12.0. The lowest BCUT2D eigenvalue weighted by molar-refractivity contribution is 0.190. The minimum atomic E-state index is -0.764. The topological polar surface area (TPSA) is 89.1 Å². The number of hydrogen-bond acceptors (Lipinski definition) is 5. The molecule has 5 aromatic rings. The maximum atomic E-state index is 14.3. The Morgan fingerprint density at radius 1 is 1.03 bits per heavy atom. The Bertz CT molecular complexity index is 1640. The summed E-state index contributed by atoms with van der Waals surface area (Å²) >= 11 is 0. The number of halogens is 2. The SMILES string of the molecule is Cc1noc(C)c1-c1ccc2c(c1)C(c1ccccc1)N(Cc1cn(-c3ccc(F)cc3F)nn1)C(=O)N2.